The van der Waals surface area contributed by atoms with Crippen LogP contribution >= 0.6 is 26.8 Å². The van der Waals surface area contributed by atoms with E-state index in [-0.39, 0.29) is 52.5 Å². The van der Waals surface area contributed by atoms with E-state index < -0.39 is 45.7 Å². The first-order chi connectivity index (χ1) is 21.1. The van der Waals surface area contributed by atoms with E-state index in [1.165, 1.54) is 0 Å². The van der Waals surface area contributed by atoms with Crippen LogP contribution < -0.4 is 9.47 Å². The number of ether oxygens (including phenoxy) is 3. The minimum Gasteiger partial charge on any atom is -0.480 e. The first-order valence-corrected chi connectivity index (χ1v) is 18.3. The smallest absolute Gasteiger partial charge is 0.362 e. The van der Waals surface area contributed by atoms with E-state index in [1.807, 2.05) is 25.2 Å². The zero-order chi connectivity index (χ0) is 33.2. The molecule has 0 saturated carbocycles. The summed E-state index contributed by atoms with van der Waals surface area (Å²) in [6, 6.07) is 1.00. The van der Waals surface area contributed by atoms with Gasteiger partial charge in [0, 0.05) is 32.0 Å². The molecule has 1 amide bonds. The van der Waals surface area contributed by atoms with Gasteiger partial charge in [-0.2, -0.15) is 0 Å². The number of fused-ring (bicyclic) bond motifs is 1. The topological polar surface area (TPSA) is 202 Å². The van der Waals surface area contributed by atoms with Crippen molar-refractivity contribution in [1.29, 1.82) is 0 Å². The number of allylic oxidation sites excluding steroid dienone is 3. The Bertz CT molecular complexity index is 1400. The highest BCUT2D eigenvalue weighted by molar-refractivity contribution is 7.51. The van der Waals surface area contributed by atoms with Crippen molar-refractivity contribution in [2.24, 2.45) is 11.1 Å². The maximum atomic E-state index is 13.6. The molecule has 45 heavy (non-hydrogen) atoms. The van der Waals surface area contributed by atoms with Crippen LogP contribution in [0.3, 0.4) is 0 Å². The molecule has 17 heteroatoms. The summed E-state index contributed by atoms with van der Waals surface area (Å²) in [7, 11) is -9.45. The summed E-state index contributed by atoms with van der Waals surface area (Å²) < 4.78 is 39.5. The molecule has 2 heterocycles. The summed E-state index contributed by atoms with van der Waals surface area (Å²) in [6.07, 6.45) is 8.00. The molecular formula is C28H39ClN2O12P2. The average Bonchev–Trinajstić information content (AvgIpc) is 2.95. The number of nitrogens with zero attached hydrogens (tertiary/aromatic N) is 2. The lowest BCUT2D eigenvalue weighted by atomic mass is 9.98. The third kappa shape index (κ3) is 12.5. The zero-order valence-electron chi connectivity index (χ0n) is 25.0. The number of piperidine rings is 1. The summed E-state index contributed by atoms with van der Waals surface area (Å²) >= 11 is 6.66. The van der Waals surface area contributed by atoms with Crippen molar-refractivity contribution in [3.05, 3.63) is 46.5 Å². The Hall–Kier alpha value is -2.70. The molecule has 0 aromatic heterocycles. The van der Waals surface area contributed by atoms with Crippen LogP contribution in [0.15, 0.2) is 35.5 Å². The maximum Gasteiger partial charge on any atom is 0.362 e. The summed E-state index contributed by atoms with van der Waals surface area (Å²) in [5.74, 6) is -1.80. The third-order valence-electron chi connectivity index (χ3n) is 6.77. The molecule has 1 saturated heterocycles. The number of amides is 1. The number of carbonyl (C=O) groups excluding carboxylic acids is 2. The number of esters is 1. The van der Waals surface area contributed by atoms with Gasteiger partial charge in [0.2, 0.25) is 0 Å². The molecule has 0 aliphatic carbocycles. The van der Waals surface area contributed by atoms with E-state index in [4.69, 9.17) is 30.6 Å². The van der Waals surface area contributed by atoms with Crippen LogP contribution in [0.2, 0.25) is 5.02 Å². The van der Waals surface area contributed by atoms with Crippen molar-refractivity contribution in [3.8, 4) is 11.5 Å². The van der Waals surface area contributed by atoms with Gasteiger partial charge < -0.3 is 43.5 Å². The van der Waals surface area contributed by atoms with Gasteiger partial charge in [0.05, 0.1) is 10.7 Å². The van der Waals surface area contributed by atoms with Crippen LogP contribution in [0.1, 0.15) is 61.9 Å². The Morgan fingerprint density at radius 3 is 2.31 bits per heavy atom. The first-order valence-electron chi connectivity index (χ1n) is 14.3. The summed E-state index contributed by atoms with van der Waals surface area (Å²) in [4.78, 5) is 71.0. The molecular weight excluding hydrogens is 654 g/mol. The van der Waals surface area contributed by atoms with Crippen molar-refractivity contribution >= 4 is 44.4 Å². The van der Waals surface area contributed by atoms with Gasteiger partial charge >= 0.3 is 21.2 Å². The minimum absolute atomic E-state index is 0.0344. The van der Waals surface area contributed by atoms with Crippen LogP contribution in [0, 0.1) is 5.92 Å². The number of carbonyl (C=O) groups is 2. The van der Waals surface area contributed by atoms with Crippen molar-refractivity contribution in [1.82, 2.24) is 4.90 Å². The number of hydrogen-bond acceptors (Lipinski definition) is 9. The molecule has 0 radical (unpaired) electrons. The number of likely N-dealkylation sites (tertiary alicyclic amines) is 1. The van der Waals surface area contributed by atoms with E-state index in [0.717, 1.165) is 25.3 Å². The lowest BCUT2D eigenvalue weighted by Gasteiger charge is -2.26. The van der Waals surface area contributed by atoms with Gasteiger partial charge in [-0.1, -0.05) is 41.9 Å². The number of halogens is 1. The normalized spacial score (nSPS) is 22.5. The van der Waals surface area contributed by atoms with Gasteiger partial charge in [-0.25, -0.2) is 4.79 Å². The second-order valence-corrected chi connectivity index (χ2v) is 14.4. The Morgan fingerprint density at radius 2 is 1.67 bits per heavy atom. The van der Waals surface area contributed by atoms with Crippen LogP contribution in [-0.2, 0) is 29.9 Å². The van der Waals surface area contributed by atoms with Crippen molar-refractivity contribution in [3.63, 3.8) is 0 Å². The zero-order valence-corrected chi connectivity index (χ0v) is 27.6. The van der Waals surface area contributed by atoms with Crippen LogP contribution in [0.5, 0.6) is 11.5 Å². The molecule has 0 unspecified atom stereocenters. The largest absolute Gasteiger partial charge is 0.480 e. The fourth-order valence-corrected chi connectivity index (χ4v) is 5.46. The molecule has 250 valence electrons. The predicted molar refractivity (Wildman–Crippen MR) is 166 cm³/mol. The first kappa shape index (κ1) is 36.8. The van der Waals surface area contributed by atoms with E-state index in [1.54, 1.807) is 17.9 Å². The SMILES string of the molecule is C[C@@H]1C/C=C/[C@H](C)C/C=C/C(=N/OCC(=O)N2CCCCC2)Cc2c(Cl)c(OCP(=O)(O)O)cc(OCP(=O)(O)O)c2C(=O)O1. The van der Waals surface area contributed by atoms with Gasteiger partial charge in [0.15, 0.2) is 19.3 Å². The summed E-state index contributed by atoms with van der Waals surface area (Å²) in [5.41, 5.74) is -0.136. The minimum atomic E-state index is -4.75. The Balaban J connectivity index is 2.11. The number of hydrogen-bond donors (Lipinski definition) is 4. The standard InChI is InChI=1S/C28H39ClN2O12P2/c1-19-8-6-10-20(2)43-28(33)26-22(14-21(11-7-9-19)30-42-16-25(32)31-12-4-3-5-13-31)27(29)24(41-18-45(37,38)39)15-23(26)40-17-44(34,35)36/h6-8,11,15,19-20H,3-5,9-10,12-14,16-18H2,1-2H3,(H2,34,35,36)(H2,37,38,39)/b8-6+,11-7+,30-21-/t19-,20+/m0/s1. The molecule has 4 N–H and O–H groups in total. The van der Waals surface area contributed by atoms with Gasteiger partial charge in [0.1, 0.15) is 23.2 Å². The molecule has 2 atom stereocenters. The van der Waals surface area contributed by atoms with E-state index in [9.17, 15) is 38.3 Å². The van der Waals surface area contributed by atoms with Gasteiger partial charge in [0.25, 0.3) is 5.91 Å². The van der Waals surface area contributed by atoms with E-state index in [0.29, 0.717) is 25.9 Å². The summed E-state index contributed by atoms with van der Waals surface area (Å²) in [6.45, 7) is 4.58. The Morgan fingerprint density at radius 1 is 1.02 bits per heavy atom. The van der Waals surface area contributed by atoms with Crippen molar-refractivity contribution in [2.75, 3.05) is 32.4 Å². The molecule has 0 spiro atoms. The number of oxime groups is 1. The van der Waals surface area contributed by atoms with Crippen LogP contribution in [0.25, 0.3) is 0 Å². The molecule has 2 aliphatic heterocycles. The second-order valence-electron chi connectivity index (χ2n) is 10.9. The third-order valence-corrected chi connectivity index (χ3v) is 8.11. The number of benzene rings is 1. The molecule has 3 rings (SSSR count). The summed E-state index contributed by atoms with van der Waals surface area (Å²) in [5, 5.41) is 3.89. The lowest BCUT2D eigenvalue weighted by molar-refractivity contribution is -0.137. The van der Waals surface area contributed by atoms with Gasteiger partial charge in [-0.15, -0.1) is 0 Å². The second kappa shape index (κ2) is 16.7. The van der Waals surface area contributed by atoms with Crippen LogP contribution in [0.4, 0.5) is 0 Å². The molecule has 1 fully saturated rings. The van der Waals surface area contributed by atoms with E-state index in [2.05, 4.69) is 5.16 Å². The number of cyclic esters (lactones) is 1. The van der Waals surface area contributed by atoms with Crippen molar-refractivity contribution < 1.29 is 57.3 Å². The molecule has 1 aromatic carbocycles. The molecule has 14 nitrogen and oxygen atoms in total. The van der Waals surface area contributed by atoms with Crippen LogP contribution in [-0.4, -0.2) is 80.6 Å². The highest BCUT2D eigenvalue weighted by Gasteiger charge is 2.30. The predicted octanol–water partition coefficient (Wildman–Crippen LogP) is 4.38. The molecule has 0 bridgehead atoms. The van der Waals surface area contributed by atoms with Gasteiger partial charge in [-0.3, -0.25) is 13.9 Å². The lowest BCUT2D eigenvalue weighted by Crippen LogP contribution is -2.37. The van der Waals surface area contributed by atoms with Crippen molar-refractivity contribution in [2.45, 2.75) is 58.5 Å². The molecule has 1 aromatic rings. The fraction of sp³-hybridized carbons (Fsp3) is 0.536. The highest BCUT2D eigenvalue weighted by atomic mass is 35.5. The average molecular weight is 693 g/mol. The Kier molecular flexibility index (Phi) is 13.7. The Labute approximate surface area is 266 Å². The van der Waals surface area contributed by atoms with E-state index >= 15 is 0 Å². The van der Waals surface area contributed by atoms with Gasteiger partial charge in [-0.05, 0) is 50.2 Å². The number of rotatable bonds is 9. The highest BCUT2D eigenvalue weighted by Crippen LogP contribution is 2.43. The maximum absolute atomic E-state index is 13.6. The monoisotopic (exact) mass is 692 g/mol. The fourth-order valence-electron chi connectivity index (χ4n) is 4.58. The quantitative estimate of drug-likeness (QED) is 0.123. The molecule has 2 aliphatic rings.